The highest BCUT2D eigenvalue weighted by molar-refractivity contribution is 9.10. The second kappa shape index (κ2) is 8.83. The zero-order valence-electron chi connectivity index (χ0n) is 15.4. The van der Waals surface area contributed by atoms with Crippen LogP contribution in [0.25, 0.3) is 4.96 Å². The summed E-state index contributed by atoms with van der Waals surface area (Å²) in [5.41, 5.74) is 0.689. The molecular weight excluding hydrogens is 480 g/mol. The van der Waals surface area contributed by atoms with E-state index in [0.717, 1.165) is 23.3 Å². The highest BCUT2D eigenvalue weighted by atomic mass is 79.9. The molecule has 1 aliphatic heterocycles. The molecule has 1 saturated heterocycles. The molecule has 29 heavy (non-hydrogen) atoms. The quantitative estimate of drug-likeness (QED) is 0.542. The molecule has 1 amide bonds. The van der Waals surface area contributed by atoms with Crippen molar-refractivity contribution in [3.63, 3.8) is 0 Å². The van der Waals surface area contributed by atoms with E-state index in [1.165, 1.54) is 11.3 Å². The predicted molar refractivity (Wildman–Crippen MR) is 116 cm³/mol. The lowest BCUT2D eigenvalue weighted by Crippen LogP contribution is -2.49. The van der Waals surface area contributed by atoms with Gasteiger partial charge in [-0.1, -0.05) is 27.5 Å². The van der Waals surface area contributed by atoms with Crippen LogP contribution in [0, 0.1) is 0 Å². The van der Waals surface area contributed by atoms with Gasteiger partial charge in [0, 0.05) is 54.8 Å². The van der Waals surface area contributed by atoms with E-state index < -0.39 is 0 Å². The average Bonchev–Trinajstić information content (AvgIpc) is 3.17. The topological polar surface area (TPSA) is 67.2 Å². The number of carbonyl (C=O) groups is 1. The number of piperazine rings is 1. The summed E-state index contributed by atoms with van der Waals surface area (Å²) >= 11 is 10.9. The van der Waals surface area contributed by atoms with Crippen molar-refractivity contribution in [1.82, 2.24) is 19.2 Å². The van der Waals surface area contributed by atoms with Gasteiger partial charge in [0.15, 0.2) is 11.6 Å². The lowest BCUT2D eigenvalue weighted by molar-refractivity contribution is -0.135. The molecule has 3 heterocycles. The fourth-order valence-electron chi connectivity index (χ4n) is 3.18. The van der Waals surface area contributed by atoms with E-state index in [9.17, 15) is 9.59 Å². The van der Waals surface area contributed by atoms with Gasteiger partial charge in [-0.3, -0.25) is 18.9 Å². The monoisotopic (exact) mass is 496 g/mol. The van der Waals surface area contributed by atoms with Gasteiger partial charge >= 0.3 is 0 Å². The minimum atomic E-state index is -0.0694. The molecule has 10 heteroatoms. The predicted octanol–water partition coefficient (Wildman–Crippen LogP) is 2.90. The molecule has 7 nitrogen and oxygen atoms in total. The molecule has 1 aromatic carbocycles. The molecule has 0 aliphatic carbocycles. The van der Waals surface area contributed by atoms with Crippen molar-refractivity contribution in [2.75, 3.05) is 32.8 Å². The van der Waals surface area contributed by atoms with Gasteiger partial charge in [-0.2, -0.15) is 0 Å². The highest BCUT2D eigenvalue weighted by Crippen LogP contribution is 2.27. The Morgan fingerprint density at radius 1 is 1.24 bits per heavy atom. The SMILES string of the molecule is O=C(COc1ccc(Br)cc1Cl)N1CCN(Cc2cc(=O)n3ccsc3n2)CC1. The van der Waals surface area contributed by atoms with Crippen molar-refractivity contribution in [2.24, 2.45) is 0 Å². The van der Waals surface area contributed by atoms with E-state index in [4.69, 9.17) is 16.3 Å². The molecule has 4 rings (SSSR count). The van der Waals surface area contributed by atoms with Crippen LogP contribution in [-0.2, 0) is 11.3 Å². The molecule has 0 unspecified atom stereocenters. The number of hydrogen-bond acceptors (Lipinski definition) is 6. The third-order valence-electron chi connectivity index (χ3n) is 4.71. The van der Waals surface area contributed by atoms with Crippen LogP contribution in [0.5, 0.6) is 5.75 Å². The maximum Gasteiger partial charge on any atom is 0.260 e. The molecule has 0 N–H and O–H groups in total. The number of rotatable bonds is 5. The Morgan fingerprint density at radius 3 is 2.79 bits per heavy atom. The molecule has 0 radical (unpaired) electrons. The minimum absolute atomic E-state index is 0.0469. The first-order valence-corrected chi connectivity index (χ1v) is 11.1. The number of fused-ring (bicyclic) bond motifs is 1. The molecular formula is C19H18BrClN4O3S. The summed E-state index contributed by atoms with van der Waals surface area (Å²) in [6.45, 7) is 3.20. The first-order chi connectivity index (χ1) is 14.0. The van der Waals surface area contributed by atoms with Gasteiger partial charge in [0.25, 0.3) is 11.5 Å². The summed E-state index contributed by atoms with van der Waals surface area (Å²) in [7, 11) is 0. The van der Waals surface area contributed by atoms with Crippen molar-refractivity contribution >= 4 is 49.7 Å². The second-order valence-electron chi connectivity index (χ2n) is 6.66. The van der Waals surface area contributed by atoms with Crippen molar-refractivity contribution in [3.8, 4) is 5.75 Å². The Labute approximate surface area is 184 Å². The van der Waals surface area contributed by atoms with E-state index in [0.29, 0.717) is 35.4 Å². The number of aromatic nitrogens is 2. The van der Waals surface area contributed by atoms with Crippen LogP contribution >= 0.6 is 38.9 Å². The number of benzene rings is 1. The zero-order chi connectivity index (χ0) is 20.4. The molecule has 2 aromatic heterocycles. The van der Waals surface area contributed by atoms with E-state index >= 15 is 0 Å². The van der Waals surface area contributed by atoms with E-state index in [1.807, 2.05) is 11.4 Å². The Balaban J connectivity index is 1.29. The van der Waals surface area contributed by atoms with Crippen LogP contribution < -0.4 is 10.3 Å². The van der Waals surface area contributed by atoms with Gasteiger partial charge in [0.2, 0.25) is 0 Å². The molecule has 152 valence electrons. The summed E-state index contributed by atoms with van der Waals surface area (Å²) < 4.78 is 7.97. The molecule has 1 fully saturated rings. The Bertz CT molecular complexity index is 1090. The van der Waals surface area contributed by atoms with Crippen molar-refractivity contribution in [1.29, 1.82) is 0 Å². The minimum Gasteiger partial charge on any atom is -0.482 e. The summed E-state index contributed by atoms with van der Waals surface area (Å²) in [6.07, 6.45) is 1.73. The Morgan fingerprint density at radius 2 is 2.03 bits per heavy atom. The lowest BCUT2D eigenvalue weighted by Gasteiger charge is -2.34. The van der Waals surface area contributed by atoms with E-state index in [-0.39, 0.29) is 18.1 Å². The standard InChI is InChI=1S/C19H18BrClN4O3S/c20-13-1-2-16(15(21)9-13)28-12-18(27)24-5-3-23(4-6-24)11-14-10-17(26)25-7-8-29-19(25)22-14/h1-2,7-10H,3-6,11-12H2. The maximum absolute atomic E-state index is 12.5. The lowest BCUT2D eigenvalue weighted by atomic mass is 10.2. The molecule has 0 atom stereocenters. The first kappa shape index (κ1) is 20.3. The van der Waals surface area contributed by atoms with Gasteiger partial charge in [-0.05, 0) is 18.2 Å². The number of hydrogen-bond donors (Lipinski definition) is 0. The number of amides is 1. The summed E-state index contributed by atoms with van der Waals surface area (Å²) in [4.78, 5) is 33.8. The van der Waals surface area contributed by atoms with Crippen LogP contribution in [0.2, 0.25) is 5.02 Å². The Kier molecular flexibility index (Phi) is 6.19. The summed E-state index contributed by atoms with van der Waals surface area (Å²) in [5.74, 6) is 0.420. The normalized spacial score (nSPS) is 15.0. The molecule has 0 saturated carbocycles. The number of thiazole rings is 1. The van der Waals surface area contributed by atoms with Crippen LogP contribution in [0.1, 0.15) is 5.69 Å². The van der Waals surface area contributed by atoms with Gasteiger partial charge in [-0.25, -0.2) is 4.98 Å². The van der Waals surface area contributed by atoms with Crippen LogP contribution in [-0.4, -0.2) is 57.9 Å². The van der Waals surface area contributed by atoms with Crippen LogP contribution in [0.4, 0.5) is 0 Å². The largest absolute Gasteiger partial charge is 0.482 e. The van der Waals surface area contributed by atoms with Gasteiger partial charge in [0.1, 0.15) is 5.75 Å². The number of halogens is 2. The fourth-order valence-corrected chi connectivity index (χ4v) is 4.64. The van der Waals surface area contributed by atoms with E-state index in [2.05, 4.69) is 25.8 Å². The smallest absolute Gasteiger partial charge is 0.260 e. The maximum atomic E-state index is 12.5. The molecule has 0 bridgehead atoms. The number of carbonyl (C=O) groups excluding carboxylic acids is 1. The molecule has 3 aromatic rings. The van der Waals surface area contributed by atoms with Crippen molar-refractivity contribution in [3.05, 3.63) is 61.4 Å². The van der Waals surface area contributed by atoms with Gasteiger partial charge in [-0.15, -0.1) is 11.3 Å². The summed E-state index contributed by atoms with van der Waals surface area (Å²) in [5, 5.41) is 2.31. The fraction of sp³-hybridized carbons (Fsp3) is 0.316. The van der Waals surface area contributed by atoms with Crippen molar-refractivity contribution < 1.29 is 9.53 Å². The zero-order valence-corrected chi connectivity index (χ0v) is 18.5. The van der Waals surface area contributed by atoms with Crippen molar-refractivity contribution in [2.45, 2.75) is 6.54 Å². The first-order valence-electron chi connectivity index (χ1n) is 9.03. The molecule has 1 aliphatic rings. The van der Waals surface area contributed by atoms with Crippen LogP contribution in [0.3, 0.4) is 0 Å². The van der Waals surface area contributed by atoms with Gasteiger partial charge < -0.3 is 9.64 Å². The summed E-state index contributed by atoms with van der Waals surface area (Å²) in [6, 6.07) is 6.86. The third-order valence-corrected chi connectivity index (χ3v) is 6.26. The van der Waals surface area contributed by atoms with E-state index in [1.54, 1.807) is 33.7 Å². The van der Waals surface area contributed by atoms with Gasteiger partial charge in [0.05, 0.1) is 10.7 Å². The third kappa shape index (κ3) is 4.80. The Hall–Kier alpha value is -1.94. The highest BCUT2D eigenvalue weighted by Gasteiger charge is 2.22. The number of nitrogens with zero attached hydrogens (tertiary/aromatic N) is 4. The second-order valence-corrected chi connectivity index (χ2v) is 8.86. The number of ether oxygens (including phenoxy) is 1. The molecule has 0 spiro atoms. The van der Waals surface area contributed by atoms with Crippen LogP contribution in [0.15, 0.2) is 45.1 Å². The average molecular weight is 498 g/mol.